The molecule has 1 saturated heterocycles. The number of imide groups is 1. The molecule has 1 aliphatic rings. The van der Waals surface area contributed by atoms with Gasteiger partial charge in [0.15, 0.2) is 17.5 Å². The Kier molecular flexibility index (Phi) is 7.30. The fourth-order valence-electron chi connectivity index (χ4n) is 3.51. The van der Waals surface area contributed by atoms with Crippen LogP contribution < -0.4 is 24.4 Å². The summed E-state index contributed by atoms with van der Waals surface area (Å²) in [6, 6.07) is 12.5. The first-order valence-corrected chi connectivity index (χ1v) is 10.2. The highest BCUT2D eigenvalue weighted by atomic mass is 16.5. The summed E-state index contributed by atoms with van der Waals surface area (Å²) >= 11 is 0. The fraction of sp³-hybridized carbons (Fsp3) is 0.391. The summed E-state index contributed by atoms with van der Waals surface area (Å²) in [5.74, 6) is 1.75. The second-order valence-corrected chi connectivity index (χ2v) is 7.18. The maximum absolute atomic E-state index is 12.8. The van der Waals surface area contributed by atoms with Gasteiger partial charge in [-0.15, -0.1) is 0 Å². The number of methoxy groups -OCH3 is 2. The number of carbonyl (C=O) groups is 2. The van der Waals surface area contributed by atoms with Gasteiger partial charge in [-0.3, -0.25) is 9.59 Å². The first-order valence-electron chi connectivity index (χ1n) is 10.2. The fourth-order valence-corrected chi connectivity index (χ4v) is 3.51. The van der Waals surface area contributed by atoms with Crippen LogP contribution in [-0.4, -0.2) is 45.2 Å². The van der Waals surface area contributed by atoms with Crippen LogP contribution >= 0.6 is 0 Å². The number of hydrogen-bond acceptors (Lipinski definition) is 5. The Balaban J connectivity index is 1.57. The molecule has 7 heteroatoms. The molecular weight excluding hydrogens is 384 g/mol. The SMILES string of the molecule is CCCOc1ccc(N2C(=O)C[C@H]([NH2+]CCc3ccc(OC)c(OC)c3)C2=O)cc1. The lowest BCUT2D eigenvalue weighted by atomic mass is 10.1. The van der Waals surface area contributed by atoms with E-state index in [2.05, 4.69) is 0 Å². The summed E-state index contributed by atoms with van der Waals surface area (Å²) in [6.45, 7) is 3.37. The predicted octanol–water partition coefficient (Wildman–Crippen LogP) is 1.93. The summed E-state index contributed by atoms with van der Waals surface area (Å²) in [7, 11) is 3.21. The molecule has 1 aliphatic heterocycles. The lowest BCUT2D eigenvalue weighted by Crippen LogP contribution is -2.92. The first kappa shape index (κ1) is 21.6. The molecular formula is C23H29N2O5+. The van der Waals surface area contributed by atoms with Crippen molar-refractivity contribution in [3.05, 3.63) is 48.0 Å². The molecule has 0 radical (unpaired) electrons. The minimum absolute atomic E-state index is 0.172. The maximum Gasteiger partial charge on any atom is 0.292 e. The van der Waals surface area contributed by atoms with Crippen LogP contribution in [0.15, 0.2) is 42.5 Å². The van der Waals surface area contributed by atoms with Gasteiger partial charge in [0.2, 0.25) is 5.91 Å². The zero-order chi connectivity index (χ0) is 21.5. The first-order chi connectivity index (χ1) is 14.6. The molecule has 0 spiro atoms. The summed E-state index contributed by atoms with van der Waals surface area (Å²) in [5.41, 5.74) is 1.67. The molecule has 0 bridgehead atoms. The van der Waals surface area contributed by atoms with Crippen LogP contribution in [0.3, 0.4) is 0 Å². The van der Waals surface area contributed by atoms with Crippen LogP contribution in [0.25, 0.3) is 0 Å². The van der Waals surface area contributed by atoms with Gasteiger partial charge in [-0.05, 0) is 48.4 Å². The standard InChI is InChI=1S/C23H28N2O5/c1-4-13-30-18-8-6-17(7-9-18)25-22(26)15-19(23(25)27)24-12-11-16-5-10-20(28-2)21(14-16)29-3/h5-10,14,19,24H,4,11-13,15H2,1-3H3/p+1/t19-/m0/s1. The van der Waals surface area contributed by atoms with Crippen LogP contribution in [0, 0.1) is 0 Å². The van der Waals surface area contributed by atoms with Crippen molar-refractivity contribution < 1.29 is 29.1 Å². The summed E-state index contributed by atoms with van der Waals surface area (Å²) in [6.07, 6.45) is 1.88. The number of rotatable bonds is 10. The van der Waals surface area contributed by atoms with Crippen molar-refractivity contribution in [3.8, 4) is 17.2 Å². The van der Waals surface area contributed by atoms with Gasteiger partial charge in [0.1, 0.15) is 5.75 Å². The van der Waals surface area contributed by atoms with Crippen molar-refractivity contribution in [2.24, 2.45) is 0 Å². The van der Waals surface area contributed by atoms with Crippen molar-refractivity contribution in [1.29, 1.82) is 0 Å². The second kappa shape index (κ2) is 10.1. The number of ether oxygens (including phenoxy) is 3. The van der Waals surface area contributed by atoms with Crippen LogP contribution in [-0.2, 0) is 16.0 Å². The molecule has 1 atom stereocenters. The van der Waals surface area contributed by atoms with Gasteiger partial charge in [0.25, 0.3) is 5.91 Å². The Morgan fingerprint density at radius 3 is 2.43 bits per heavy atom. The third kappa shape index (κ3) is 4.91. The van der Waals surface area contributed by atoms with Crippen LogP contribution in [0.2, 0.25) is 0 Å². The van der Waals surface area contributed by atoms with Gasteiger partial charge in [0, 0.05) is 6.42 Å². The third-order valence-corrected chi connectivity index (χ3v) is 5.08. The van der Waals surface area contributed by atoms with E-state index in [-0.39, 0.29) is 18.2 Å². The Morgan fingerprint density at radius 1 is 1.03 bits per heavy atom. The molecule has 30 heavy (non-hydrogen) atoms. The van der Waals surface area contributed by atoms with E-state index in [1.54, 1.807) is 38.5 Å². The zero-order valence-electron chi connectivity index (χ0n) is 17.7. The topological polar surface area (TPSA) is 81.7 Å². The number of amides is 2. The van der Waals surface area contributed by atoms with E-state index in [9.17, 15) is 9.59 Å². The van der Waals surface area contributed by atoms with Gasteiger partial charge in [-0.25, -0.2) is 4.90 Å². The van der Waals surface area contributed by atoms with E-state index in [1.807, 2.05) is 30.4 Å². The number of nitrogens with two attached hydrogens (primary N) is 1. The average molecular weight is 413 g/mol. The van der Waals surface area contributed by atoms with Gasteiger partial charge in [-0.2, -0.15) is 0 Å². The largest absolute Gasteiger partial charge is 0.494 e. The molecule has 0 saturated carbocycles. The van der Waals surface area contributed by atoms with Crippen molar-refractivity contribution in [3.63, 3.8) is 0 Å². The number of benzene rings is 2. The zero-order valence-corrected chi connectivity index (χ0v) is 17.7. The monoisotopic (exact) mass is 413 g/mol. The molecule has 2 aromatic rings. The number of hydrogen-bond donors (Lipinski definition) is 1. The Labute approximate surface area is 176 Å². The molecule has 0 aromatic heterocycles. The van der Waals surface area contributed by atoms with Crippen LogP contribution in [0.1, 0.15) is 25.3 Å². The van der Waals surface area contributed by atoms with E-state index < -0.39 is 6.04 Å². The quantitative estimate of drug-likeness (QED) is 0.602. The number of anilines is 1. The van der Waals surface area contributed by atoms with Gasteiger partial charge in [0.05, 0.1) is 39.5 Å². The van der Waals surface area contributed by atoms with Crippen molar-refractivity contribution in [2.75, 3.05) is 32.3 Å². The molecule has 2 aromatic carbocycles. The van der Waals surface area contributed by atoms with Crippen LogP contribution in [0.4, 0.5) is 5.69 Å². The Hall–Kier alpha value is -3.06. The van der Waals surface area contributed by atoms with Crippen LogP contribution in [0.5, 0.6) is 17.2 Å². The number of carbonyl (C=O) groups excluding carboxylic acids is 2. The molecule has 0 aliphatic carbocycles. The van der Waals surface area contributed by atoms with Crippen molar-refractivity contribution >= 4 is 17.5 Å². The summed E-state index contributed by atoms with van der Waals surface area (Å²) in [4.78, 5) is 26.5. The molecule has 1 fully saturated rings. The normalized spacial score (nSPS) is 16.1. The molecule has 3 rings (SSSR count). The average Bonchev–Trinajstić information content (AvgIpc) is 3.05. The molecule has 2 N–H and O–H groups in total. The van der Waals surface area contributed by atoms with Gasteiger partial charge in [-0.1, -0.05) is 13.0 Å². The molecule has 7 nitrogen and oxygen atoms in total. The van der Waals surface area contributed by atoms with E-state index in [0.717, 1.165) is 24.2 Å². The smallest absolute Gasteiger partial charge is 0.292 e. The van der Waals surface area contributed by atoms with Gasteiger partial charge < -0.3 is 19.5 Å². The predicted molar refractivity (Wildman–Crippen MR) is 113 cm³/mol. The minimum atomic E-state index is -0.395. The third-order valence-electron chi connectivity index (χ3n) is 5.08. The van der Waals surface area contributed by atoms with Gasteiger partial charge >= 0.3 is 0 Å². The Morgan fingerprint density at radius 2 is 1.77 bits per heavy atom. The van der Waals surface area contributed by atoms with Crippen molar-refractivity contribution in [2.45, 2.75) is 32.2 Å². The van der Waals surface area contributed by atoms with E-state index in [4.69, 9.17) is 14.2 Å². The molecule has 2 amide bonds. The number of quaternary nitrogens is 1. The molecule has 0 unspecified atom stereocenters. The summed E-state index contributed by atoms with van der Waals surface area (Å²) in [5, 5.41) is 1.94. The highest BCUT2D eigenvalue weighted by molar-refractivity contribution is 6.21. The Bertz CT molecular complexity index is 882. The molecule has 1 heterocycles. The van der Waals surface area contributed by atoms with E-state index >= 15 is 0 Å². The van der Waals surface area contributed by atoms with Crippen molar-refractivity contribution in [1.82, 2.24) is 0 Å². The minimum Gasteiger partial charge on any atom is -0.494 e. The molecule has 160 valence electrons. The van der Waals surface area contributed by atoms with E-state index in [0.29, 0.717) is 30.3 Å². The second-order valence-electron chi connectivity index (χ2n) is 7.18. The summed E-state index contributed by atoms with van der Waals surface area (Å²) < 4.78 is 16.1. The lowest BCUT2D eigenvalue weighted by molar-refractivity contribution is -0.674. The maximum atomic E-state index is 12.8. The number of nitrogens with zero attached hydrogens (tertiary/aromatic N) is 1. The lowest BCUT2D eigenvalue weighted by Gasteiger charge is -2.15. The highest BCUT2D eigenvalue weighted by Gasteiger charge is 2.42. The highest BCUT2D eigenvalue weighted by Crippen LogP contribution is 2.27. The van der Waals surface area contributed by atoms with E-state index in [1.165, 1.54) is 4.90 Å².